The Morgan fingerprint density at radius 1 is 1.04 bits per heavy atom. The first-order valence-electron chi connectivity index (χ1n) is 7.87. The van der Waals surface area contributed by atoms with Crippen LogP contribution in [-0.2, 0) is 9.53 Å². The summed E-state index contributed by atoms with van der Waals surface area (Å²) in [6.07, 6.45) is 2.88. The molecule has 0 aliphatic rings. The Morgan fingerprint density at radius 3 is 2.48 bits per heavy atom. The number of hydrogen-bond acceptors (Lipinski definition) is 5. The summed E-state index contributed by atoms with van der Waals surface area (Å²) in [5.41, 5.74) is 1.27. The molecule has 0 aromatic heterocycles. The van der Waals surface area contributed by atoms with Gasteiger partial charge >= 0.3 is 5.97 Å². The number of Topliss-reactive ketones (excluding diaryl/α,β-unsaturated/α-hetero) is 1. The molecule has 0 fully saturated rings. The third-order valence-corrected chi connectivity index (χ3v) is 3.34. The highest BCUT2D eigenvalue weighted by molar-refractivity contribution is 5.99. The number of methoxy groups -OCH3 is 1. The summed E-state index contributed by atoms with van der Waals surface area (Å²) in [4.78, 5) is 23.8. The van der Waals surface area contributed by atoms with E-state index < -0.39 is 5.97 Å². The smallest absolute Gasteiger partial charge is 0.331 e. The maximum Gasteiger partial charge on any atom is 0.331 e. The molecule has 0 aliphatic carbocycles. The lowest BCUT2D eigenvalue weighted by atomic mass is 10.1. The van der Waals surface area contributed by atoms with Crippen molar-refractivity contribution in [1.29, 1.82) is 0 Å². The molecule has 5 nitrogen and oxygen atoms in total. The van der Waals surface area contributed by atoms with Crippen LogP contribution in [0.3, 0.4) is 0 Å². The molecule has 0 radical (unpaired) electrons. The van der Waals surface area contributed by atoms with Crippen molar-refractivity contribution < 1.29 is 23.8 Å². The quantitative estimate of drug-likeness (QED) is 0.418. The van der Waals surface area contributed by atoms with Gasteiger partial charge in [-0.05, 0) is 55.0 Å². The van der Waals surface area contributed by atoms with E-state index in [1.165, 1.54) is 6.08 Å². The number of carbonyl (C=O) groups excluding carboxylic acids is 2. The number of rotatable bonds is 8. The standard InChI is InChI=1S/C20H20O5/c1-3-24-17-10-8-16(9-11-17)19(21)14-25-20(22)12-7-15-5-4-6-18(13-15)23-2/h4-13H,3,14H2,1-2H3/b12-7+. The average Bonchev–Trinajstić information content (AvgIpc) is 2.65. The van der Waals surface area contributed by atoms with Crippen LogP contribution >= 0.6 is 0 Å². The molecule has 0 saturated heterocycles. The lowest BCUT2D eigenvalue weighted by molar-refractivity contribution is -0.136. The first kappa shape index (κ1) is 18.3. The Balaban J connectivity index is 1.86. The average molecular weight is 340 g/mol. The highest BCUT2D eigenvalue weighted by Crippen LogP contribution is 2.14. The Labute approximate surface area is 146 Å². The molecule has 0 N–H and O–H groups in total. The zero-order valence-corrected chi connectivity index (χ0v) is 14.2. The SMILES string of the molecule is CCOc1ccc(C(=O)COC(=O)/C=C/c2cccc(OC)c2)cc1. The topological polar surface area (TPSA) is 61.8 Å². The van der Waals surface area contributed by atoms with Crippen LogP contribution in [0.5, 0.6) is 11.5 Å². The van der Waals surface area contributed by atoms with Crippen molar-refractivity contribution in [2.45, 2.75) is 6.92 Å². The molecule has 0 atom stereocenters. The summed E-state index contributed by atoms with van der Waals surface area (Å²) in [7, 11) is 1.57. The van der Waals surface area contributed by atoms with Crippen LogP contribution in [-0.4, -0.2) is 32.1 Å². The molecule has 2 aromatic carbocycles. The summed E-state index contributed by atoms with van der Waals surface area (Å²) in [5, 5.41) is 0. The zero-order chi connectivity index (χ0) is 18.1. The number of carbonyl (C=O) groups is 2. The van der Waals surface area contributed by atoms with E-state index in [0.29, 0.717) is 23.7 Å². The second-order valence-corrected chi connectivity index (χ2v) is 5.10. The van der Waals surface area contributed by atoms with E-state index in [1.54, 1.807) is 43.5 Å². The Hall–Kier alpha value is -3.08. The van der Waals surface area contributed by atoms with Gasteiger partial charge in [-0.1, -0.05) is 12.1 Å². The van der Waals surface area contributed by atoms with Crippen LogP contribution in [0.15, 0.2) is 54.6 Å². The van der Waals surface area contributed by atoms with Crippen molar-refractivity contribution in [3.05, 3.63) is 65.7 Å². The third-order valence-electron chi connectivity index (χ3n) is 3.34. The molecule has 5 heteroatoms. The maximum atomic E-state index is 12.0. The molecule has 130 valence electrons. The van der Waals surface area contributed by atoms with E-state index in [9.17, 15) is 9.59 Å². The molecular weight excluding hydrogens is 320 g/mol. The van der Waals surface area contributed by atoms with Gasteiger partial charge in [0, 0.05) is 11.6 Å². The Kier molecular flexibility index (Phi) is 6.77. The maximum absolute atomic E-state index is 12.0. The molecule has 0 unspecified atom stereocenters. The second kappa shape index (κ2) is 9.27. The molecule has 2 rings (SSSR count). The van der Waals surface area contributed by atoms with Gasteiger partial charge in [-0.2, -0.15) is 0 Å². The molecule has 0 spiro atoms. The van der Waals surface area contributed by atoms with Crippen LogP contribution in [0.25, 0.3) is 6.08 Å². The fraction of sp³-hybridized carbons (Fsp3) is 0.200. The largest absolute Gasteiger partial charge is 0.497 e. The summed E-state index contributed by atoms with van der Waals surface area (Å²) in [5.74, 6) is 0.534. The van der Waals surface area contributed by atoms with Crippen molar-refractivity contribution in [3.8, 4) is 11.5 Å². The highest BCUT2D eigenvalue weighted by atomic mass is 16.5. The highest BCUT2D eigenvalue weighted by Gasteiger charge is 2.08. The van der Waals surface area contributed by atoms with Gasteiger partial charge in [0.05, 0.1) is 13.7 Å². The summed E-state index contributed by atoms with van der Waals surface area (Å²) in [6, 6.07) is 14.0. The molecule has 2 aromatic rings. The lowest BCUT2D eigenvalue weighted by Crippen LogP contribution is -2.12. The predicted molar refractivity (Wildman–Crippen MR) is 94.9 cm³/mol. The minimum atomic E-state index is -0.581. The molecule has 0 saturated carbocycles. The van der Waals surface area contributed by atoms with Crippen LogP contribution < -0.4 is 9.47 Å². The number of hydrogen-bond donors (Lipinski definition) is 0. The summed E-state index contributed by atoms with van der Waals surface area (Å²) < 4.78 is 15.4. The Morgan fingerprint density at radius 2 is 1.80 bits per heavy atom. The molecule has 25 heavy (non-hydrogen) atoms. The zero-order valence-electron chi connectivity index (χ0n) is 14.2. The van der Waals surface area contributed by atoms with Gasteiger partial charge in [0.1, 0.15) is 11.5 Å². The summed E-state index contributed by atoms with van der Waals surface area (Å²) in [6.45, 7) is 2.14. The van der Waals surface area contributed by atoms with Crippen molar-refractivity contribution in [2.24, 2.45) is 0 Å². The van der Waals surface area contributed by atoms with Crippen molar-refractivity contribution in [2.75, 3.05) is 20.3 Å². The number of benzene rings is 2. The van der Waals surface area contributed by atoms with Crippen molar-refractivity contribution in [1.82, 2.24) is 0 Å². The first-order valence-corrected chi connectivity index (χ1v) is 7.87. The van der Waals surface area contributed by atoms with Crippen molar-refractivity contribution >= 4 is 17.8 Å². The van der Waals surface area contributed by atoms with E-state index in [4.69, 9.17) is 14.2 Å². The van der Waals surface area contributed by atoms with Crippen LogP contribution in [0.4, 0.5) is 0 Å². The van der Waals surface area contributed by atoms with E-state index in [1.807, 2.05) is 25.1 Å². The van der Waals surface area contributed by atoms with E-state index >= 15 is 0 Å². The van der Waals surface area contributed by atoms with Crippen molar-refractivity contribution in [3.63, 3.8) is 0 Å². The van der Waals surface area contributed by atoms with Crippen LogP contribution in [0.1, 0.15) is 22.8 Å². The first-order chi connectivity index (χ1) is 12.1. The fourth-order valence-electron chi connectivity index (χ4n) is 2.08. The molecule has 0 amide bonds. The van der Waals surface area contributed by atoms with E-state index in [2.05, 4.69) is 0 Å². The van der Waals surface area contributed by atoms with Crippen LogP contribution in [0.2, 0.25) is 0 Å². The number of ketones is 1. The molecular formula is C20H20O5. The van der Waals surface area contributed by atoms with Crippen LogP contribution in [0, 0.1) is 0 Å². The normalized spacial score (nSPS) is 10.5. The van der Waals surface area contributed by atoms with Gasteiger partial charge in [0.15, 0.2) is 12.4 Å². The van der Waals surface area contributed by atoms with Gasteiger partial charge in [-0.15, -0.1) is 0 Å². The predicted octanol–water partition coefficient (Wildman–Crippen LogP) is 3.53. The fourth-order valence-corrected chi connectivity index (χ4v) is 2.08. The minimum Gasteiger partial charge on any atom is -0.497 e. The number of esters is 1. The molecule has 0 bridgehead atoms. The van der Waals surface area contributed by atoms with E-state index in [0.717, 1.165) is 5.56 Å². The second-order valence-electron chi connectivity index (χ2n) is 5.10. The van der Waals surface area contributed by atoms with Gasteiger partial charge < -0.3 is 14.2 Å². The summed E-state index contributed by atoms with van der Waals surface area (Å²) >= 11 is 0. The lowest BCUT2D eigenvalue weighted by Gasteiger charge is -2.05. The minimum absolute atomic E-state index is 0.272. The van der Waals surface area contributed by atoms with E-state index in [-0.39, 0.29) is 12.4 Å². The van der Waals surface area contributed by atoms with Gasteiger partial charge in [-0.25, -0.2) is 4.79 Å². The number of ether oxygens (including phenoxy) is 3. The Bertz CT molecular complexity index is 747. The third kappa shape index (κ3) is 5.80. The van der Waals surface area contributed by atoms with Gasteiger partial charge in [-0.3, -0.25) is 4.79 Å². The molecule has 0 heterocycles. The monoisotopic (exact) mass is 340 g/mol. The van der Waals surface area contributed by atoms with Gasteiger partial charge in [0.2, 0.25) is 0 Å². The van der Waals surface area contributed by atoms with Gasteiger partial charge in [0.25, 0.3) is 0 Å². The molecule has 0 aliphatic heterocycles.